The minimum Gasteiger partial charge on any atom is -0.350 e. The summed E-state index contributed by atoms with van der Waals surface area (Å²) >= 11 is 0. The molecular weight excluding hydrogens is 435 g/mol. The molecule has 8 nitrogen and oxygen atoms in total. The van der Waals surface area contributed by atoms with E-state index in [1.165, 1.54) is 6.07 Å². The lowest BCUT2D eigenvalue weighted by molar-refractivity contribution is 0.340. The van der Waals surface area contributed by atoms with E-state index in [0.29, 0.717) is 48.4 Å². The first kappa shape index (κ1) is 20.5. The van der Waals surface area contributed by atoms with E-state index < -0.39 is 23.4 Å². The lowest BCUT2D eigenvalue weighted by Crippen LogP contribution is -2.48. The Bertz CT molecular complexity index is 1180. The van der Waals surface area contributed by atoms with Gasteiger partial charge in [0.1, 0.15) is 5.82 Å². The smallest absolute Gasteiger partial charge is 0.324 e. The molecule has 3 unspecified atom stereocenters. The lowest BCUT2D eigenvalue weighted by atomic mass is 9.90. The highest BCUT2D eigenvalue weighted by Crippen LogP contribution is 2.40. The first-order chi connectivity index (χ1) is 16.0. The average molecular weight is 459 g/mol. The van der Waals surface area contributed by atoms with Crippen molar-refractivity contribution in [1.82, 2.24) is 24.9 Å². The Balaban J connectivity index is 1.22. The van der Waals surface area contributed by atoms with E-state index in [0.717, 1.165) is 38.4 Å². The average Bonchev–Trinajstić information content (AvgIpc) is 3.48. The summed E-state index contributed by atoms with van der Waals surface area (Å²) in [5.74, 6) is -1.76. The van der Waals surface area contributed by atoms with Crippen molar-refractivity contribution in [1.29, 1.82) is 0 Å². The number of anilines is 2. The molecule has 4 heterocycles. The van der Waals surface area contributed by atoms with E-state index in [-0.39, 0.29) is 11.6 Å². The van der Waals surface area contributed by atoms with Crippen LogP contribution in [0, 0.1) is 36.2 Å². The molecule has 174 valence electrons. The summed E-state index contributed by atoms with van der Waals surface area (Å²) in [6, 6.07) is 3.06. The summed E-state index contributed by atoms with van der Waals surface area (Å²) in [5, 5.41) is 12.0. The lowest BCUT2D eigenvalue weighted by Gasteiger charge is -2.37. The molecule has 1 aliphatic carbocycles. The number of hydrogen-bond donors (Lipinski definition) is 1. The summed E-state index contributed by atoms with van der Waals surface area (Å²) in [7, 11) is 0. The van der Waals surface area contributed by atoms with Gasteiger partial charge in [0.25, 0.3) is 0 Å². The molecule has 1 saturated carbocycles. The quantitative estimate of drug-likeness (QED) is 0.597. The van der Waals surface area contributed by atoms with Gasteiger partial charge in [-0.15, -0.1) is 5.10 Å². The number of fused-ring (bicyclic) bond motifs is 3. The van der Waals surface area contributed by atoms with Crippen LogP contribution in [0.15, 0.2) is 16.7 Å². The second-order valence-corrected chi connectivity index (χ2v) is 9.27. The summed E-state index contributed by atoms with van der Waals surface area (Å²) < 4.78 is 48.9. The number of aromatic nitrogens is 5. The zero-order valence-electron chi connectivity index (χ0n) is 18.1. The minimum atomic E-state index is -1.44. The van der Waals surface area contributed by atoms with E-state index in [2.05, 4.69) is 30.4 Å². The van der Waals surface area contributed by atoms with Crippen LogP contribution in [0.25, 0.3) is 0 Å². The first-order valence-electron chi connectivity index (χ1n) is 11.4. The number of hydrogen-bond acceptors (Lipinski definition) is 7. The van der Waals surface area contributed by atoms with Crippen LogP contribution in [-0.4, -0.2) is 44.0 Å². The van der Waals surface area contributed by atoms with Crippen LogP contribution in [0.1, 0.15) is 48.8 Å². The van der Waals surface area contributed by atoms with Crippen molar-refractivity contribution in [3.63, 3.8) is 0 Å². The Morgan fingerprint density at radius 1 is 1.03 bits per heavy atom. The van der Waals surface area contributed by atoms with Crippen LogP contribution in [0.2, 0.25) is 0 Å². The second-order valence-electron chi connectivity index (χ2n) is 9.27. The fourth-order valence-electron chi connectivity index (χ4n) is 5.69. The van der Waals surface area contributed by atoms with Crippen LogP contribution in [-0.2, 0) is 6.54 Å². The molecule has 0 amide bonds. The molecule has 4 atom stereocenters. The predicted octanol–water partition coefficient (Wildman–Crippen LogP) is 3.64. The van der Waals surface area contributed by atoms with Crippen LogP contribution >= 0.6 is 0 Å². The fraction of sp³-hybridized carbons (Fsp3) is 0.545. The second kappa shape index (κ2) is 7.74. The standard InChI is InChI=1S/C22H24F3N7O/c1-11-26-22(33-30-11)31-9-12-4-5-13(10-31)19(12)27-21-28-20-15(3-2-8-32(20)29-21)14-6-7-16(23)18(25)17(14)24/h6-7,12-13,15,19H,2-5,8-10H2,1H3,(H,27,29)/t12-,13?,15?,19?/m0/s1. The summed E-state index contributed by atoms with van der Waals surface area (Å²) in [6.45, 7) is 4.09. The molecule has 1 N–H and O–H groups in total. The van der Waals surface area contributed by atoms with Gasteiger partial charge < -0.3 is 14.7 Å². The van der Waals surface area contributed by atoms with Crippen molar-refractivity contribution in [3.8, 4) is 0 Å². The normalized spacial score (nSPS) is 26.5. The first-order valence-corrected chi connectivity index (χ1v) is 11.4. The van der Waals surface area contributed by atoms with E-state index in [1.807, 2.05) is 6.92 Å². The van der Waals surface area contributed by atoms with Crippen molar-refractivity contribution in [2.24, 2.45) is 11.8 Å². The van der Waals surface area contributed by atoms with Gasteiger partial charge in [0.05, 0.1) is 0 Å². The molecule has 33 heavy (non-hydrogen) atoms. The Kier molecular flexibility index (Phi) is 4.81. The Labute approximate surface area is 188 Å². The molecule has 6 rings (SSSR count). The van der Waals surface area contributed by atoms with Crippen LogP contribution in [0.3, 0.4) is 0 Å². The molecule has 2 fully saturated rings. The molecule has 1 aromatic carbocycles. The Morgan fingerprint density at radius 2 is 1.82 bits per heavy atom. The molecule has 2 aliphatic heterocycles. The van der Waals surface area contributed by atoms with E-state index in [4.69, 9.17) is 4.52 Å². The monoisotopic (exact) mass is 459 g/mol. The molecule has 0 radical (unpaired) electrons. The topological polar surface area (TPSA) is 84.9 Å². The van der Waals surface area contributed by atoms with E-state index >= 15 is 0 Å². The van der Waals surface area contributed by atoms with Crippen molar-refractivity contribution in [2.75, 3.05) is 23.3 Å². The Morgan fingerprint density at radius 3 is 2.55 bits per heavy atom. The largest absolute Gasteiger partial charge is 0.350 e. The van der Waals surface area contributed by atoms with E-state index in [9.17, 15) is 13.2 Å². The zero-order chi connectivity index (χ0) is 22.7. The van der Waals surface area contributed by atoms with Crippen molar-refractivity contribution >= 4 is 12.0 Å². The molecule has 3 aliphatic rings. The van der Waals surface area contributed by atoms with Gasteiger partial charge in [0, 0.05) is 37.2 Å². The third-order valence-corrected chi connectivity index (χ3v) is 7.23. The summed E-state index contributed by atoms with van der Waals surface area (Å²) in [4.78, 5) is 11.2. The highest BCUT2D eigenvalue weighted by atomic mass is 19.2. The maximum atomic E-state index is 14.5. The highest BCUT2D eigenvalue weighted by Gasteiger charge is 2.44. The van der Waals surface area contributed by atoms with Crippen molar-refractivity contribution < 1.29 is 17.7 Å². The van der Waals surface area contributed by atoms with Gasteiger partial charge in [-0.25, -0.2) is 17.9 Å². The predicted molar refractivity (Wildman–Crippen MR) is 112 cm³/mol. The maximum absolute atomic E-state index is 14.5. The molecule has 2 bridgehead atoms. The van der Waals surface area contributed by atoms with Gasteiger partial charge in [-0.05, 0) is 50.5 Å². The third kappa shape index (κ3) is 3.44. The fourth-order valence-corrected chi connectivity index (χ4v) is 5.69. The van der Waals surface area contributed by atoms with E-state index in [1.54, 1.807) is 4.68 Å². The summed E-state index contributed by atoms with van der Waals surface area (Å²) in [6.07, 6.45) is 3.53. The van der Waals surface area contributed by atoms with Gasteiger partial charge in [-0.1, -0.05) is 11.2 Å². The number of rotatable bonds is 4. The number of benzene rings is 1. The number of aryl methyl sites for hydroxylation is 2. The SMILES string of the molecule is Cc1noc(N2CC3CC[C@@H](C2)C3Nc2nc3n(n2)CCCC3c2ccc(F)c(F)c2F)n1. The highest BCUT2D eigenvalue weighted by molar-refractivity contribution is 5.36. The molecule has 2 aromatic heterocycles. The summed E-state index contributed by atoms with van der Waals surface area (Å²) in [5.41, 5.74) is 0.122. The van der Waals surface area contributed by atoms with Crippen LogP contribution in [0.4, 0.5) is 25.1 Å². The minimum absolute atomic E-state index is 0.122. The zero-order valence-corrected chi connectivity index (χ0v) is 18.1. The van der Waals surface area contributed by atoms with Gasteiger partial charge in [0.2, 0.25) is 5.95 Å². The molecule has 1 saturated heterocycles. The number of piperidine rings is 1. The third-order valence-electron chi connectivity index (χ3n) is 7.23. The van der Waals surface area contributed by atoms with Crippen LogP contribution in [0.5, 0.6) is 0 Å². The van der Waals surface area contributed by atoms with Crippen molar-refractivity contribution in [3.05, 3.63) is 46.8 Å². The van der Waals surface area contributed by atoms with Crippen LogP contribution < -0.4 is 10.2 Å². The van der Waals surface area contributed by atoms with Gasteiger partial charge in [-0.3, -0.25) is 0 Å². The maximum Gasteiger partial charge on any atom is 0.324 e. The van der Waals surface area contributed by atoms with Crippen molar-refractivity contribution in [2.45, 2.75) is 51.1 Å². The number of halogens is 3. The molecule has 11 heteroatoms. The van der Waals surface area contributed by atoms with Gasteiger partial charge in [0.15, 0.2) is 23.3 Å². The molecule has 0 spiro atoms. The number of nitrogens with zero attached hydrogens (tertiary/aromatic N) is 6. The number of nitrogens with one attached hydrogen (secondary N) is 1. The molecule has 3 aromatic rings. The van der Waals surface area contributed by atoms with Gasteiger partial charge in [-0.2, -0.15) is 9.97 Å². The molecular formula is C22H24F3N7O. The Hall–Kier alpha value is -3.11. The van der Waals surface area contributed by atoms with Gasteiger partial charge >= 0.3 is 6.01 Å².